The first-order chi connectivity index (χ1) is 9.19. The summed E-state index contributed by atoms with van der Waals surface area (Å²) >= 11 is 3.41. The van der Waals surface area contributed by atoms with Crippen molar-refractivity contribution >= 4 is 27.6 Å². The maximum atomic E-state index is 11.3. The standard InChI is InChI=1S/C14H13BrN2O2/c1-19-14(18)10-5-6-13(16-8-10)9-17-12-4-2-3-11(15)7-12/h2-8,17H,9H2,1H3. The normalized spacial score (nSPS) is 10.0. The third kappa shape index (κ3) is 3.79. The zero-order chi connectivity index (χ0) is 13.7. The average Bonchev–Trinajstić information content (AvgIpc) is 2.45. The molecule has 0 atom stereocenters. The van der Waals surface area contributed by atoms with Crippen molar-refractivity contribution in [3.8, 4) is 0 Å². The number of pyridine rings is 1. The van der Waals surface area contributed by atoms with Crippen LogP contribution >= 0.6 is 15.9 Å². The molecule has 0 radical (unpaired) electrons. The van der Waals surface area contributed by atoms with E-state index >= 15 is 0 Å². The highest BCUT2D eigenvalue weighted by atomic mass is 79.9. The number of benzene rings is 1. The van der Waals surface area contributed by atoms with Gasteiger partial charge in [-0.15, -0.1) is 0 Å². The van der Waals surface area contributed by atoms with Crippen molar-refractivity contribution in [2.45, 2.75) is 6.54 Å². The average molecular weight is 321 g/mol. The lowest BCUT2D eigenvalue weighted by molar-refractivity contribution is 0.0600. The van der Waals surface area contributed by atoms with E-state index in [2.05, 4.69) is 31.0 Å². The summed E-state index contributed by atoms with van der Waals surface area (Å²) in [6, 6.07) is 11.4. The van der Waals surface area contributed by atoms with Crippen molar-refractivity contribution in [1.29, 1.82) is 0 Å². The summed E-state index contributed by atoms with van der Waals surface area (Å²) in [6.45, 7) is 0.595. The van der Waals surface area contributed by atoms with E-state index in [1.54, 1.807) is 12.1 Å². The van der Waals surface area contributed by atoms with Crippen LogP contribution in [0.5, 0.6) is 0 Å². The molecular formula is C14H13BrN2O2. The predicted octanol–water partition coefficient (Wildman–Crippen LogP) is 3.24. The van der Waals surface area contributed by atoms with Crippen LogP contribution in [0, 0.1) is 0 Å². The predicted molar refractivity (Wildman–Crippen MR) is 77.0 cm³/mol. The van der Waals surface area contributed by atoms with Crippen LogP contribution in [0.3, 0.4) is 0 Å². The summed E-state index contributed by atoms with van der Waals surface area (Å²) in [6.07, 6.45) is 1.52. The second-order valence-corrected chi connectivity index (χ2v) is 4.81. The molecule has 0 saturated heterocycles. The van der Waals surface area contributed by atoms with Crippen molar-refractivity contribution in [1.82, 2.24) is 4.98 Å². The zero-order valence-electron chi connectivity index (χ0n) is 10.4. The number of aromatic nitrogens is 1. The van der Waals surface area contributed by atoms with Crippen LogP contribution in [-0.4, -0.2) is 18.1 Å². The van der Waals surface area contributed by atoms with Crippen molar-refractivity contribution < 1.29 is 9.53 Å². The first-order valence-corrected chi connectivity index (χ1v) is 6.51. The van der Waals surface area contributed by atoms with Crippen molar-refractivity contribution in [2.24, 2.45) is 0 Å². The third-order valence-corrected chi connectivity index (χ3v) is 3.04. The number of anilines is 1. The molecule has 0 unspecified atom stereocenters. The Labute approximate surface area is 119 Å². The van der Waals surface area contributed by atoms with Gasteiger partial charge in [-0.1, -0.05) is 22.0 Å². The molecule has 19 heavy (non-hydrogen) atoms. The van der Waals surface area contributed by atoms with Crippen molar-refractivity contribution in [3.05, 3.63) is 58.3 Å². The second-order valence-electron chi connectivity index (χ2n) is 3.89. The van der Waals surface area contributed by atoms with Gasteiger partial charge < -0.3 is 10.1 Å². The smallest absolute Gasteiger partial charge is 0.339 e. The highest BCUT2D eigenvalue weighted by molar-refractivity contribution is 9.10. The van der Waals surface area contributed by atoms with E-state index < -0.39 is 0 Å². The number of esters is 1. The number of rotatable bonds is 4. The molecule has 1 aromatic carbocycles. The molecule has 5 heteroatoms. The zero-order valence-corrected chi connectivity index (χ0v) is 12.0. The van der Waals surface area contributed by atoms with Gasteiger partial charge in [0.25, 0.3) is 0 Å². The number of halogens is 1. The third-order valence-electron chi connectivity index (χ3n) is 2.54. The van der Waals surface area contributed by atoms with Crippen molar-refractivity contribution in [2.75, 3.05) is 12.4 Å². The maximum Gasteiger partial charge on any atom is 0.339 e. The quantitative estimate of drug-likeness (QED) is 0.879. The Morgan fingerprint density at radius 1 is 1.37 bits per heavy atom. The van der Waals surface area contributed by atoms with Gasteiger partial charge in [-0.2, -0.15) is 0 Å². The summed E-state index contributed by atoms with van der Waals surface area (Å²) in [7, 11) is 1.35. The van der Waals surface area contributed by atoms with Crippen LogP contribution in [0.2, 0.25) is 0 Å². The van der Waals surface area contributed by atoms with Gasteiger partial charge in [0.05, 0.1) is 24.9 Å². The van der Waals surface area contributed by atoms with Crippen LogP contribution in [0.1, 0.15) is 16.1 Å². The Morgan fingerprint density at radius 3 is 2.84 bits per heavy atom. The Morgan fingerprint density at radius 2 is 2.21 bits per heavy atom. The Balaban J connectivity index is 1.98. The minimum absolute atomic E-state index is 0.376. The molecule has 4 nitrogen and oxygen atoms in total. The van der Waals surface area contributed by atoms with Gasteiger partial charge in [0, 0.05) is 16.4 Å². The molecule has 98 valence electrons. The van der Waals surface area contributed by atoms with E-state index in [9.17, 15) is 4.79 Å². The minimum atomic E-state index is -0.376. The Kier molecular flexibility index (Phi) is 4.52. The summed E-state index contributed by atoms with van der Waals surface area (Å²) in [4.78, 5) is 15.5. The maximum absolute atomic E-state index is 11.3. The van der Waals surface area contributed by atoms with E-state index in [0.29, 0.717) is 12.1 Å². The molecule has 0 aliphatic heterocycles. The minimum Gasteiger partial charge on any atom is -0.465 e. The number of carbonyl (C=O) groups is 1. The largest absolute Gasteiger partial charge is 0.465 e. The highest BCUT2D eigenvalue weighted by Crippen LogP contribution is 2.16. The van der Waals surface area contributed by atoms with Gasteiger partial charge in [0.1, 0.15) is 0 Å². The number of ether oxygens (including phenoxy) is 1. The fraction of sp³-hybridized carbons (Fsp3) is 0.143. The Hall–Kier alpha value is -1.88. The van der Waals surface area contributed by atoms with Gasteiger partial charge in [-0.3, -0.25) is 4.98 Å². The molecule has 0 spiro atoms. The lowest BCUT2D eigenvalue weighted by atomic mass is 10.2. The highest BCUT2D eigenvalue weighted by Gasteiger charge is 2.05. The van der Waals surface area contributed by atoms with Crippen LogP contribution < -0.4 is 5.32 Å². The van der Waals surface area contributed by atoms with E-state index in [1.807, 2.05) is 24.3 Å². The monoisotopic (exact) mass is 320 g/mol. The summed E-state index contributed by atoms with van der Waals surface area (Å²) in [5, 5.41) is 3.26. The number of methoxy groups -OCH3 is 1. The fourth-order valence-corrected chi connectivity index (χ4v) is 1.96. The summed E-state index contributed by atoms with van der Waals surface area (Å²) in [5.41, 5.74) is 2.31. The number of nitrogens with zero attached hydrogens (tertiary/aromatic N) is 1. The molecule has 2 rings (SSSR count). The number of hydrogen-bond donors (Lipinski definition) is 1. The topological polar surface area (TPSA) is 51.2 Å². The molecule has 0 fully saturated rings. The summed E-state index contributed by atoms with van der Waals surface area (Å²) in [5.74, 6) is -0.376. The molecule has 0 saturated carbocycles. The number of hydrogen-bond acceptors (Lipinski definition) is 4. The first kappa shape index (κ1) is 13.5. The first-order valence-electron chi connectivity index (χ1n) is 5.72. The second kappa shape index (κ2) is 6.33. The van der Waals surface area contributed by atoms with E-state index in [0.717, 1.165) is 15.9 Å². The molecule has 1 aromatic heterocycles. The molecule has 0 aliphatic carbocycles. The molecule has 2 aromatic rings. The van der Waals surface area contributed by atoms with Crippen LogP contribution in [0.15, 0.2) is 47.1 Å². The number of carbonyl (C=O) groups excluding carboxylic acids is 1. The van der Waals surface area contributed by atoms with Gasteiger partial charge in [-0.25, -0.2) is 4.79 Å². The molecule has 0 amide bonds. The molecule has 0 aliphatic rings. The fourth-order valence-electron chi connectivity index (χ4n) is 1.56. The molecule has 1 N–H and O–H groups in total. The van der Waals surface area contributed by atoms with Gasteiger partial charge >= 0.3 is 5.97 Å². The van der Waals surface area contributed by atoms with Crippen LogP contribution in [-0.2, 0) is 11.3 Å². The van der Waals surface area contributed by atoms with Crippen LogP contribution in [0.25, 0.3) is 0 Å². The van der Waals surface area contributed by atoms with E-state index in [4.69, 9.17) is 0 Å². The van der Waals surface area contributed by atoms with E-state index in [1.165, 1.54) is 13.3 Å². The van der Waals surface area contributed by atoms with E-state index in [-0.39, 0.29) is 5.97 Å². The SMILES string of the molecule is COC(=O)c1ccc(CNc2cccc(Br)c2)nc1. The Bertz CT molecular complexity index is 570. The lowest BCUT2D eigenvalue weighted by Gasteiger charge is -2.06. The summed E-state index contributed by atoms with van der Waals surface area (Å²) < 4.78 is 5.64. The number of nitrogens with one attached hydrogen (secondary N) is 1. The molecule has 0 bridgehead atoms. The van der Waals surface area contributed by atoms with Crippen LogP contribution in [0.4, 0.5) is 5.69 Å². The van der Waals surface area contributed by atoms with Gasteiger partial charge in [0.15, 0.2) is 0 Å². The lowest BCUT2D eigenvalue weighted by Crippen LogP contribution is -2.05. The molecular weight excluding hydrogens is 308 g/mol. The van der Waals surface area contributed by atoms with Gasteiger partial charge in [-0.05, 0) is 30.3 Å². The van der Waals surface area contributed by atoms with Crippen molar-refractivity contribution in [3.63, 3.8) is 0 Å². The van der Waals surface area contributed by atoms with Gasteiger partial charge in [0.2, 0.25) is 0 Å². The molecule has 1 heterocycles.